The highest BCUT2D eigenvalue weighted by atomic mass is 32.2. The highest BCUT2D eigenvalue weighted by molar-refractivity contribution is 7.84. The van der Waals surface area contributed by atoms with Gasteiger partial charge in [0.1, 0.15) is 5.65 Å². The predicted molar refractivity (Wildman–Crippen MR) is 96.2 cm³/mol. The predicted octanol–water partition coefficient (Wildman–Crippen LogP) is 3.80. The average molecular weight is 333 g/mol. The van der Waals surface area contributed by atoms with Gasteiger partial charge >= 0.3 is 0 Å². The molecule has 0 spiro atoms. The van der Waals surface area contributed by atoms with E-state index in [-0.39, 0.29) is 0 Å². The largest absolute Gasteiger partial charge is 0.299 e. The summed E-state index contributed by atoms with van der Waals surface area (Å²) in [6.45, 7) is 0. The maximum atomic E-state index is 11.6. The summed E-state index contributed by atoms with van der Waals surface area (Å²) in [6, 6.07) is 17.7. The van der Waals surface area contributed by atoms with Crippen LogP contribution in [0.15, 0.2) is 78.1 Å². The topological polar surface area (TPSA) is 47.3 Å². The molecule has 0 bridgehead atoms. The summed E-state index contributed by atoms with van der Waals surface area (Å²) in [7, 11) is -0.984. The number of nitrogens with zero attached hydrogens (tertiary/aromatic N) is 3. The number of rotatable bonds is 3. The second-order valence-electron chi connectivity index (χ2n) is 5.45. The highest BCUT2D eigenvalue weighted by Gasteiger charge is 2.15. The first kappa shape index (κ1) is 14.8. The maximum Gasteiger partial charge on any atom is 0.137 e. The Bertz CT molecular complexity index is 1020. The standard InChI is InChI=1S/C19H15N3OS/c1-24(23)16-7-5-14(6-8-16)18-19(15-9-11-20-12-10-15)22-13-3-2-4-17(22)21-18/h2-13H,1H3. The van der Waals surface area contributed by atoms with Crippen LogP contribution < -0.4 is 0 Å². The van der Waals surface area contributed by atoms with Crippen molar-refractivity contribution in [3.8, 4) is 22.5 Å². The molecule has 0 N–H and O–H groups in total. The van der Waals surface area contributed by atoms with Gasteiger partial charge in [0.25, 0.3) is 0 Å². The SMILES string of the molecule is CS(=O)c1ccc(-c2nc3ccccn3c2-c2ccncc2)cc1. The van der Waals surface area contributed by atoms with Gasteiger partial charge in [0, 0.05) is 51.7 Å². The van der Waals surface area contributed by atoms with Gasteiger partial charge in [0.05, 0.1) is 11.4 Å². The van der Waals surface area contributed by atoms with Crippen LogP contribution in [0.3, 0.4) is 0 Å². The third-order valence-electron chi connectivity index (χ3n) is 3.94. The lowest BCUT2D eigenvalue weighted by Gasteiger charge is -2.06. The van der Waals surface area contributed by atoms with E-state index in [1.807, 2.05) is 60.8 Å². The Hall–Kier alpha value is -2.79. The normalized spacial score (nSPS) is 12.4. The lowest BCUT2D eigenvalue weighted by atomic mass is 10.1. The summed E-state index contributed by atoms with van der Waals surface area (Å²) in [5.41, 5.74) is 4.88. The Labute approximate surface area is 142 Å². The first-order chi connectivity index (χ1) is 11.7. The van der Waals surface area contributed by atoms with E-state index in [0.29, 0.717) is 0 Å². The molecular formula is C19H15N3OS. The Morgan fingerprint density at radius 2 is 1.67 bits per heavy atom. The van der Waals surface area contributed by atoms with Crippen molar-refractivity contribution >= 4 is 16.4 Å². The smallest absolute Gasteiger partial charge is 0.137 e. The van der Waals surface area contributed by atoms with Crippen molar-refractivity contribution in [2.45, 2.75) is 4.90 Å². The van der Waals surface area contributed by atoms with Crippen molar-refractivity contribution in [3.05, 3.63) is 73.2 Å². The number of imidazole rings is 1. The van der Waals surface area contributed by atoms with Gasteiger partial charge in [-0.25, -0.2) is 4.98 Å². The molecule has 4 aromatic rings. The minimum Gasteiger partial charge on any atom is -0.299 e. The number of hydrogen-bond donors (Lipinski definition) is 0. The van der Waals surface area contributed by atoms with Crippen LogP contribution in [0, 0.1) is 0 Å². The summed E-state index contributed by atoms with van der Waals surface area (Å²) >= 11 is 0. The maximum absolute atomic E-state index is 11.6. The molecule has 0 saturated heterocycles. The van der Waals surface area contributed by atoms with Crippen LogP contribution in [0.1, 0.15) is 0 Å². The van der Waals surface area contributed by atoms with E-state index in [4.69, 9.17) is 4.98 Å². The summed E-state index contributed by atoms with van der Waals surface area (Å²) in [6.07, 6.45) is 7.26. The molecule has 1 atom stereocenters. The molecule has 4 nitrogen and oxygen atoms in total. The third-order valence-corrected chi connectivity index (χ3v) is 4.88. The molecule has 3 heterocycles. The van der Waals surface area contributed by atoms with E-state index in [1.54, 1.807) is 18.6 Å². The average Bonchev–Trinajstić information content (AvgIpc) is 3.02. The van der Waals surface area contributed by atoms with Gasteiger partial charge in [-0.1, -0.05) is 18.2 Å². The molecule has 1 aromatic carbocycles. The van der Waals surface area contributed by atoms with Gasteiger partial charge in [-0.2, -0.15) is 0 Å². The fraction of sp³-hybridized carbons (Fsp3) is 0.0526. The lowest BCUT2D eigenvalue weighted by Crippen LogP contribution is -1.90. The van der Waals surface area contributed by atoms with Crippen molar-refractivity contribution in [2.24, 2.45) is 0 Å². The van der Waals surface area contributed by atoms with E-state index in [1.165, 1.54) is 0 Å². The van der Waals surface area contributed by atoms with E-state index >= 15 is 0 Å². The zero-order valence-corrected chi connectivity index (χ0v) is 13.9. The van der Waals surface area contributed by atoms with Crippen LogP contribution in [-0.2, 0) is 10.8 Å². The molecule has 0 aliphatic rings. The Kier molecular flexibility index (Phi) is 3.70. The zero-order valence-electron chi connectivity index (χ0n) is 13.1. The number of aromatic nitrogens is 3. The summed E-state index contributed by atoms with van der Waals surface area (Å²) in [5, 5.41) is 0. The molecule has 118 valence electrons. The van der Waals surface area contributed by atoms with Gasteiger partial charge in [0.15, 0.2) is 0 Å². The molecule has 0 aliphatic heterocycles. The Balaban J connectivity index is 1.96. The van der Waals surface area contributed by atoms with Crippen molar-refractivity contribution in [3.63, 3.8) is 0 Å². The quantitative estimate of drug-likeness (QED) is 0.573. The second-order valence-corrected chi connectivity index (χ2v) is 6.83. The van der Waals surface area contributed by atoms with Crippen molar-refractivity contribution in [2.75, 3.05) is 6.26 Å². The Morgan fingerprint density at radius 3 is 2.38 bits per heavy atom. The van der Waals surface area contributed by atoms with Crippen LogP contribution in [-0.4, -0.2) is 24.8 Å². The van der Waals surface area contributed by atoms with E-state index in [9.17, 15) is 4.21 Å². The molecular weight excluding hydrogens is 318 g/mol. The van der Waals surface area contributed by atoms with Crippen molar-refractivity contribution < 1.29 is 4.21 Å². The fourth-order valence-corrected chi connectivity index (χ4v) is 3.31. The molecule has 0 radical (unpaired) electrons. The van der Waals surface area contributed by atoms with Crippen molar-refractivity contribution in [1.29, 1.82) is 0 Å². The molecule has 4 rings (SSSR count). The van der Waals surface area contributed by atoms with Gasteiger partial charge in [-0.05, 0) is 36.4 Å². The van der Waals surface area contributed by atoms with E-state index in [0.717, 1.165) is 33.1 Å². The summed E-state index contributed by atoms with van der Waals surface area (Å²) < 4.78 is 13.7. The lowest BCUT2D eigenvalue weighted by molar-refractivity contribution is 0.687. The summed E-state index contributed by atoms with van der Waals surface area (Å²) in [4.78, 5) is 9.72. The van der Waals surface area contributed by atoms with Crippen LogP contribution >= 0.6 is 0 Å². The van der Waals surface area contributed by atoms with Crippen LogP contribution in [0.25, 0.3) is 28.2 Å². The Morgan fingerprint density at radius 1 is 0.917 bits per heavy atom. The monoisotopic (exact) mass is 333 g/mol. The molecule has 0 amide bonds. The minimum absolute atomic E-state index is 0.813. The molecule has 0 saturated carbocycles. The van der Waals surface area contributed by atoms with Gasteiger partial charge < -0.3 is 0 Å². The number of hydrogen-bond acceptors (Lipinski definition) is 3. The molecule has 0 fully saturated rings. The second kappa shape index (κ2) is 6.02. The molecule has 0 aliphatic carbocycles. The van der Waals surface area contributed by atoms with Gasteiger partial charge in [-0.15, -0.1) is 0 Å². The van der Waals surface area contributed by atoms with Gasteiger partial charge in [-0.3, -0.25) is 13.6 Å². The fourth-order valence-electron chi connectivity index (χ4n) is 2.79. The van der Waals surface area contributed by atoms with Crippen molar-refractivity contribution in [1.82, 2.24) is 14.4 Å². The number of fused-ring (bicyclic) bond motifs is 1. The minimum atomic E-state index is -0.984. The van der Waals surface area contributed by atoms with Crippen LogP contribution in [0.4, 0.5) is 0 Å². The molecule has 5 heteroatoms. The first-order valence-electron chi connectivity index (χ1n) is 7.55. The van der Waals surface area contributed by atoms with E-state index in [2.05, 4.69) is 9.38 Å². The highest BCUT2D eigenvalue weighted by Crippen LogP contribution is 2.32. The van der Waals surface area contributed by atoms with Gasteiger partial charge in [0.2, 0.25) is 0 Å². The first-order valence-corrected chi connectivity index (χ1v) is 9.11. The van der Waals surface area contributed by atoms with E-state index < -0.39 is 10.8 Å². The molecule has 1 unspecified atom stereocenters. The number of benzene rings is 1. The summed E-state index contributed by atoms with van der Waals surface area (Å²) in [5.74, 6) is 0. The number of pyridine rings is 2. The zero-order chi connectivity index (χ0) is 16.5. The third kappa shape index (κ3) is 2.53. The van der Waals surface area contributed by atoms with Crippen LogP contribution in [0.5, 0.6) is 0 Å². The molecule has 3 aromatic heterocycles. The van der Waals surface area contributed by atoms with Crippen LogP contribution in [0.2, 0.25) is 0 Å². The molecule has 24 heavy (non-hydrogen) atoms.